The van der Waals surface area contributed by atoms with E-state index < -0.39 is 0 Å². The summed E-state index contributed by atoms with van der Waals surface area (Å²) in [7, 11) is 3.16. The van der Waals surface area contributed by atoms with E-state index in [9.17, 15) is 0 Å². The highest BCUT2D eigenvalue weighted by Gasteiger charge is 2.13. The predicted molar refractivity (Wildman–Crippen MR) is 82.9 cm³/mol. The number of benzene rings is 1. The first-order valence-corrected chi connectivity index (χ1v) is 6.91. The lowest BCUT2D eigenvalue weighted by Gasteiger charge is -2.09. The summed E-state index contributed by atoms with van der Waals surface area (Å²) in [6.07, 6.45) is 1.65. The standard InChI is InChI=1S/C15H14ClN3O3/c1-21-12-5-10-11(6-13(12)22-2)19(8-17-10)14-4-3-9(7-20)15(16)18-14/h3-6,8,20H,7H2,1-2H3. The van der Waals surface area contributed by atoms with Crippen LogP contribution in [0, 0.1) is 0 Å². The van der Waals surface area contributed by atoms with Crippen LogP contribution in [0.2, 0.25) is 5.15 Å². The molecule has 0 aliphatic rings. The second kappa shape index (κ2) is 5.82. The number of aliphatic hydroxyl groups excluding tert-OH is 1. The second-order valence-corrected chi connectivity index (χ2v) is 4.95. The van der Waals surface area contributed by atoms with E-state index in [0.717, 1.165) is 11.0 Å². The number of hydrogen-bond donors (Lipinski definition) is 1. The summed E-state index contributed by atoms with van der Waals surface area (Å²) in [6.45, 7) is -0.151. The summed E-state index contributed by atoms with van der Waals surface area (Å²) in [5.74, 6) is 1.83. The molecule has 6 nitrogen and oxygen atoms in total. The van der Waals surface area contributed by atoms with Gasteiger partial charge in [-0.15, -0.1) is 0 Å². The summed E-state index contributed by atoms with van der Waals surface area (Å²) in [5, 5.41) is 9.43. The zero-order chi connectivity index (χ0) is 15.7. The second-order valence-electron chi connectivity index (χ2n) is 4.59. The summed E-state index contributed by atoms with van der Waals surface area (Å²) >= 11 is 6.05. The van der Waals surface area contributed by atoms with Crippen LogP contribution in [0.25, 0.3) is 16.9 Å². The Kier molecular flexibility index (Phi) is 3.87. The first-order chi connectivity index (χ1) is 10.7. The smallest absolute Gasteiger partial charge is 0.163 e. The molecule has 0 fully saturated rings. The molecule has 22 heavy (non-hydrogen) atoms. The van der Waals surface area contributed by atoms with Gasteiger partial charge in [0.25, 0.3) is 0 Å². The first kappa shape index (κ1) is 14.6. The maximum absolute atomic E-state index is 9.16. The Morgan fingerprint density at radius 1 is 1.18 bits per heavy atom. The molecule has 2 heterocycles. The summed E-state index contributed by atoms with van der Waals surface area (Å²) in [4.78, 5) is 8.64. The summed E-state index contributed by atoms with van der Waals surface area (Å²) in [6, 6.07) is 7.14. The minimum absolute atomic E-state index is 0.151. The predicted octanol–water partition coefficient (Wildman–Crippen LogP) is 2.58. The Morgan fingerprint density at radius 3 is 2.55 bits per heavy atom. The molecule has 7 heteroatoms. The Balaban J connectivity index is 2.17. The van der Waals surface area contributed by atoms with Gasteiger partial charge < -0.3 is 14.6 Å². The number of imidazole rings is 1. The number of methoxy groups -OCH3 is 2. The van der Waals surface area contributed by atoms with Crippen LogP contribution in [0.3, 0.4) is 0 Å². The van der Waals surface area contributed by atoms with Crippen molar-refractivity contribution in [1.29, 1.82) is 0 Å². The number of aromatic nitrogens is 3. The molecule has 1 N–H and O–H groups in total. The van der Waals surface area contributed by atoms with Crippen molar-refractivity contribution in [3.8, 4) is 17.3 Å². The van der Waals surface area contributed by atoms with Crippen LogP contribution in [0.15, 0.2) is 30.6 Å². The van der Waals surface area contributed by atoms with Crippen LogP contribution in [-0.4, -0.2) is 33.9 Å². The number of halogens is 1. The van der Waals surface area contributed by atoms with Gasteiger partial charge in [0.2, 0.25) is 0 Å². The molecule has 1 aromatic carbocycles. The number of fused-ring (bicyclic) bond motifs is 1. The molecule has 0 unspecified atom stereocenters. The maximum atomic E-state index is 9.16. The first-order valence-electron chi connectivity index (χ1n) is 6.53. The topological polar surface area (TPSA) is 69.4 Å². The van der Waals surface area contributed by atoms with Crippen molar-refractivity contribution in [2.45, 2.75) is 6.61 Å². The fourth-order valence-electron chi connectivity index (χ4n) is 2.22. The van der Waals surface area contributed by atoms with Crippen LogP contribution in [0.1, 0.15) is 5.56 Å². The quantitative estimate of drug-likeness (QED) is 0.748. The van der Waals surface area contributed by atoms with Gasteiger partial charge in [0.1, 0.15) is 17.3 Å². The number of rotatable bonds is 4. The van der Waals surface area contributed by atoms with Crippen LogP contribution < -0.4 is 9.47 Å². The highest BCUT2D eigenvalue weighted by molar-refractivity contribution is 6.30. The Hall–Kier alpha value is -2.31. The molecule has 0 aliphatic heterocycles. The van der Waals surface area contributed by atoms with Crippen molar-refractivity contribution in [3.63, 3.8) is 0 Å². The lowest BCUT2D eigenvalue weighted by atomic mass is 10.2. The van der Waals surface area contributed by atoms with Crippen molar-refractivity contribution >= 4 is 22.6 Å². The lowest BCUT2D eigenvalue weighted by Crippen LogP contribution is -1.99. The molecule has 0 bridgehead atoms. The normalized spacial score (nSPS) is 10.9. The molecule has 0 saturated heterocycles. The number of nitrogens with zero attached hydrogens (tertiary/aromatic N) is 3. The molecule has 0 amide bonds. The number of hydrogen-bond acceptors (Lipinski definition) is 5. The van der Waals surface area contributed by atoms with E-state index in [-0.39, 0.29) is 11.8 Å². The number of aliphatic hydroxyl groups is 1. The third kappa shape index (κ3) is 2.36. The molecule has 0 spiro atoms. The SMILES string of the molecule is COc1cc2ncn(-c3ccc(CO)c(Cl)n3)c2cc1OC. The maximum Gasteiger partial charge on any atom is 0.163 e. The van der Waals surface area contributed by atoms with E-state index in [2.05, 4.69) is 9.97 Å². The molecule has 0 radical (unpaired) electrons. The van der Waals surface area contributed by atoms with Gasteiger partial charge in [0, 0.05) is 17.7 Å². The minimum atomic E-state index is -0.151. The largest absolute Gasteiger partial charge is 0.493 e. The molecular formula is C15H14ClN3O3. The van der Waals surface area contributed by atoms with Gasteiger partial charge >= 0.3 is 0 Å². The van der Waals surface area contributed by atoms with E-state index in [4.69, 9.17) is 26.2 Å². The van der Waals surface area contributed by atoms with Crippen molar-refractivity contribution in [2.75, 3.05) is 14.2 Å². The molecule has 3 aromatic rings. The zero-order valence-electron chi connectivity index (χ0n) is 12.1. The van der Waals surface area contributed by atoms with Crippen molar-refractivity contribution < 1.29 is 14.6 Å². The highest BCUT2D eigenvalue weighted by Crippen LogP contribution is 2.32. The zero-order valence-corrected chi connectivity index (χ0v) is 12.8. The monoisotopic (exact) mass is 319 g/mol. The fraction of sp³-hybridized carbons (Fsp3) is 0.200. The van der Waals surface area contributed by atoms with Crippen LogP contribution in [0.5, 0.6) is 11.5 Å². The summed E-state index contributed by atoms with van der Waals surface area (Å²) in [5.41, 5.74) is 2.15. The molecule has 0 aliphatic carbocycles. The van der Waals surface area contributed by atoms with Crippen molar-refractivity contribution in [1.82, 2.24) is 14.5 Å². The average Bonchev–Trinajstić information content (AvgIpc) is 2.96. The van der Waals surface area contributed by atoms with Gasteiger partial charge in [-0.1, -0.05) is 11.6 Å². The van der Waals surface area contributed by atoms with Gasteiger partial charge in [-0.25, -0.2) is 9.97 Å². The number of pyridine rings is 1. The Morgan fingerprint density at radius 2 is 1.91 bits per heavy atom. The third-order valence-corrected chi connectivity index (χ3v) is 3.71. The van der Waals surface area contributed by atoms with Gasteiger partial charge in [-0.2, -0.15) is 0 Å². The van der Waals surface area contributed by atoms with Crippen LogP contribution in [0.4, 0.5) is 0 Å². The van der Waals surface area contributed by atoms with Gasteiger partial charge in [0.15, 0.2) is 11.5 Å². The molecule has 0 saturated carbocycles. The Labute approximate surface area is 131 Å². The molecule has 2 aromatic heterocycles. The molecule has 3 rings (SSSR count). The number of ether oxygens (including phenoxy) is 2. The van der Waals surface area contributed by atoms with Gasteiger partial charge in [-0.05, 0) is 12.1 Å². The van der Waals surface area contributed by atoms with Crippen molar-refractivity contribution in [3.05, 3.63) is 41.3 Å². The minimum Gasteiger partial charge on any atom is -0.493 e. The van der Waals surface area contributed by atoms with E-state index in [0.29, 0.717) is 22.9 Å². The lowest BCUT2D eigenvalue weighted by molar-refractivity contribution is 0.281. The Bertz CT molecular complexity index is 832. The fourth-order valence-corrected chi connectivity index (χ4v) is 2.43. The van der Waals surface area contributed by atoms with Gasteiger partial charge in [0.05, 0.1) is 31.9 Å². The van der Waals surface area contributed by atoms with E-state index in [1.807, 2.05) is 6.07 Å². The van der Waals surface area contributed by atoms with E-state index in [1.165, 1.54) is 0 Å². The van der Waals surface area contributed by atoms with E-state index >= 15 is 0 Å². The third-order valence-electron chi connectivity index (χ3n) is 3.38. The molecular weight excluding hydrogens is 306 g/mol. The average molecular weight is 320 g/mol. The van der Waals surface area contributed by atoms with Crippen molar-refractivity contribution in [2.24, 2.45) is 0 Å². The highest BCUT2D eigenvalue weighted by atomic mass is 35.5. The van der Waals surface area contributed by atoms with Gasteiger partial charge in [-0.3, -0.25) is 4.57 Å². The molecule has 0 atom stereocenters. The van der Waals surface area contributed by atoms with Crippen LogP contribution in [-0.2, 0) is 6.61 Å². The van der Waals surface area contributed by atoms with E-state index in [1.54, 1.807) is 43.3 Å². The summed E-state index contributed by atoms with van der Waals surface area (Å²) < 4.78 is 12.4. The molecule has 114 valence electrons. The van der Waals surface area contributed by atoms with Crippen LogP contribution >= 0.6 is 11.6 Å².